The second-order valence-corrected chi connectivity index (χ2v) is 5.03. The number of hydrogen-bond donors (Lipinski definition) is 0. The Balaban J connectivity index is 2.03. The molecule has 0 N–H and O–H groups in total. The number of carbonyl (C=O) groups excluding carboxylic acids is 1. The number of ether oxygens (including phenoxy) is 2. The molecule has 4 heteroatoms. The van der Waals surface area contributed by atoms with Crippen LogP contribution >= 0.6 is 0 Å². The van der Waals surface area contributed by atoms with Crippen LogP contribution in [0.5, 0.6) is 5.75 Å². The Morgan fingerprint density at radius 1 is 1.19 bits per heavy atom. The Morgan fingerprint density at radius 2 is 2.00 bits per heavy atom. The third-order valence-electron chi connectivity index (χ3n) is 3.36. The molecule has 0 bridgehead atoms. The Morgan fingerprint density at radius 3 is 2.67 bits per heavy atom. The maximum Gasteiger partial charge on any atom is 0.337 e. The smallest absolute Gasteiger partial charge is 0.337 e. The Hall–Kier alpha value is -2.36. The fourth-order valence-electron chi connectivity index (χ4n) is 2.12. The van der Waals surface area contributed by atoms with Gasteiger partial charge in [0.2, 0.25) is 0 Å². The van der Waals surface area contributed by atoms with E-state index in [1.54, 1.807) is 24.3 Å². The lowest BCUT2D eigenvalue weighted by atomic mass is 10.0. The molecule has 0 aromatic heterocycles. The van der Waals surface area contributed by atoms with Crippen molar-refractivity contribution in [1.29, 1.82) is 0 Å². The van der Waals surface area contributed by atoms with Crippen molar-refractivity contribution in [2.75, 3.05) is 7.11 Å². The van der Waals surface area contributed by atoms with E-state index in [0.717, 1.165) is 24.0 Å². The molecule has 21 heavy (non-hydrogen) atoms. The predicted molar refractivity (Wildman–Crippen MR) is 76.8 cm³/mol. The molecular formula is C17H15FO3. The van der Waals surface area contributed by atoms with E-state index >= 15 is 0 Å². The highest BCUT2D eigenvalue weighted by Gasteiger charge is 2.25. The van der Waals surface area contributed by atoms with Gasteiger partial charge in [-0.15, -0.1) is 0 Å². The molecule has 2 aromatic carbocycles. The molecule has 1 aliphatic rings. The van der Waals surface area contributed by atoms with Gasteiger partial charge in [-0.05, 0) is 48.7 Å². The standard InChI is InChI=1S/C17H15FO3/c1-20-17(19)12-5-8-15(11-3-2-4-13(18)9-11)16(10-12)21-14-6-7-14/h2-5,8-10,14H,6-7H2,1H3. The predicted octanol–water partition coefficient (Wildman–Crippen LogP) is 3.82. The molecule has 1 aliphatic carbocycles. The highest BCUT2D eigenvalue weighted by atomic mass is 19.1. The van der Waals surface area contributed by atoms with Gasteiger partial charge < -0.3 is 9.47 Å². The van der Waals surface area contributed by atoms with Crippen molar-refractivity contribution in [3.05, 3.63) is 53.8 Å². The van der Waals surface area contributed by atoms with Crippen LogP contribution in [-0.4, -0.2) is 19.2 Å². The maximum atomic E-state index is 13.4. The summed E-state index contributed by atoms with van der Waals surface area (Å²) in [5.74, 6) is -0.130. The Labute approximate surface area is 122 Å². The summed E-state index contributed by atoms with van der Waals surface area (Å²) in [7, 11) is 1.34. The topological polar surface area (TPSA) is 35.5 Å². The lowest BCUT2D eigenvalue weighted by Crippen LogP contribution is -2.04. The van der Waals surface area contributed by atoms with Gasteiger partial charge in [0.15, 0.2) is 0 Å². The largest absolute Gasteiger partial charge is 0.490 e. The summed E-state index contributed by atoms with van der Waals surface area (Å²) in [6.07, 6.45) is 2.20. The van der Waals surface area contributed by atoms with Crippen molar-refractivity contribution in [1.82, 2.24) is 0 Å². The number of rotatable bonds is 4. The van der Waals surface area contributed by atoms with E-state index in [2.05, 4.69) is 0 Å². The third kappa shape index (κ3) is 3.05. The first kappa shape index (κ1) is 13.6. The van der Waals surface area contributed by atoms with E-state index in [1.165, 1.54) is 19.2 Å². The fraction of sp³-hybridized carbons (Fsp3) is 0.235. The first-order valence-corrected chi connectivity index (χ1v) is 6.82. The van der Waals surface area contributed by atoms with Crippen LogP contribution in [0, 0.1) is 5.82 Å². The van der Waals surface area contributed by atoms with Gasteiger partial charge >= 0.3 is 5.97 Å². The molecule has 2 aromatic rings. The van der Waals surface area contributed by atoms with Crippen molar-refractivity contribution in [3.8, 4) is 16.9 Å². The van der Waals surface area contributed by atoms with Crippen molar-refractivity contribution in [2.45, 2.75) is 18.9 Å². The van der Waals surface area contributed by atoms with Gasteiger partial charge in [-0.2, -0.15) is 0 Å². The summed E-state index contributed by atoms with van der Waals surface area (Å²) in [5.41, 5.74) is 1.92. The van der Waals surface area contributed by atoms with Crippen molar-refractivity contribution in [3.63, 3.8) is 0 Å². The summed E-state index contributed by atoms with van der Waals surface area (Å²) >= 11 is 0. The molecule has 108 valence electrons. The van der Waals surface area contributed by atoms with Gasteiger partial charge in [0.25, 0.3) is 0 Å². The van der Waals surface area contributed by atoms with Crippen LogP contribution in [0.2, 0.25) is 0 Å². The Bertz CT molecular complexity index is 677. The average molecular weight is 286 g/mol. The average Bonchev–Trinajstić information content (AvgIpc) is 3.30. The summed E-state index contributed by atoms with van der Waals surface area (Å²) in [6.45, 7) is 0. The van der Waals surface area contributed by atoms with Crippen molar-refractivity contribution in [2.24, 2.45) is 0 Å². The van der Waals surface area contributed by atoms with Crippen LogP contribution in [0.4, 0.5) is 4.39 Å². The van der Waals surface area contributed by atoms with Gasteiger partial charge in [-0.1, -0.05) is 12.1 Å². The summed E-state index contributed by atoms with van der Waals surface area (Å²) in [5, 5.41) is 0. The highest BCUT2D eigenvalue weighted by molar-refractivity contribution is 5.91. The van der Waals surface area contributed by atoms with Crippen LogP contribution in [0.1, 0.15) is 23.2 Å². The molecule has 0 atom stereocenters. The van der Waals surface area contributed by atoms with Crippen LogP contribution < -0.4 is 4.74 Å². The number of esters is 1. The zero-order valence-corrected chi connectivity index (χ0v) is 11.6. The van der Waals surface area contributed by atoms with Gasteiger partial charge in [0.1, 0.15) is 11.6 Å². The number of hydrogen-bond acceptors (Lipinski definition) is 3. The molecule has 1 fully saturated rings. The zero-order chi connectivity index (χ0) is 14.8. The molecular weight excluding hydrogens is 271 g/mol. The van der Waals surface area contributed by atoms with E-state index in [4.69, 9.17) is 9.47 Å². The fourth-order valence-corrected chi connectivity index (χ4v) is 2.12. The van der Waals surface area contributed by atoms with Gasteiger partial charge in [0.05, 0.1) is 18.8 Å². The molecule has 0 radical (unpaired) electrons. The second kappa shape index (κ2) is 5.56. The van der Waals surface area contributed by atoms with Crippen molar-refractivity contribution < 1.29 is 18.7 Å². The number of halogens is 1. The minimum absolute atomic E-state index is 0.185. The van der Waals surface area contributed by atoms with Crippen LogP contribution in [0.3, 0.4) is 0 Å². The monoisotopic (exact) mass is 286 g/mol. The first-order valence-electron chi connectivity index (χ1n) is 6.82. The van der Waals surface area contributed by atoms with Crippen molar-refractivity contribution >= 4 is 5.97 Å². The third-order valence-corrected chi connectivity index (χ3v) is 3.36. The van der Waals surface area contributed by atoms with Gasteiger partial charge in [-0.25, -0.2) is 9.18 Å². The maximum absolute atomic E-state index is 13.4. The number of carbonyl (C=O) groups is 1. The molecule has 0 heterocycles. The van der Waals surface area contributed by atoms with E-state index < -0.39 is 5.97 Å². The quantitative estimate of drug-likeness (QED) is 0.801. The highest BCUT2D eigenvalue weighted by Crippen LogP contribution is 2.36. The molecule has 0 saturated heterocycles. The summed E-state index contributed by atoms with van der Waals surface area (Å²) in [4.78, 5) is 11.6. The summed E-state index contributed by atoms with van der Waals surface area (Å²) < 4.78 is 24.0. The van der Waals surface area contributed by atoms with Crippen LogP contribution in [-0.2, 0) is 4.74 Å². The van der Waals surface area contributed by atoms with E-state index in [9.17, 15) is 9.18 Å². The molecule has 3 rings (SSSR count). The SMILES string of the molecule is COC(=O)c1ccc(-c2cccc(F)c2)c(OC2CC2)c1. The number of methoxy groups -OCH3 is 1. The molecule has 0 unspecified atom stereocenters. The Kier molecular flexibility index (Phi) is 3.60. The van der Waals surface area contributed by atoms with E-state index in [-0.39, 0.29) is 11.9 Å². The lowest BCUT2D eigenvalue weighted by Gasteiger charge is -2.12. The van der Waals surface area contributed by atoms with E-state index in [0.29, 0.717) is 11.3 Å². The second-order valence-electron chi connectivity index (χ2n) is 5.03. The normalized spacial score (nSPS) is 13.8. The van der Waals surface area contributed by atoms with Gasteiger partial charge in [0, 0.05) is 5.56 Å². The molecule has 1 saturated carbocycles. The number of benzene rings is 2. The zero-order valence-electron chi connectivity index (χ0n) is 11.6. The van der Waals surface area contributed by atoms with E-state index in [1.807, 2.05) is 6.07 Å². The van der Waals surface area contributed by atoms with Crippen LogP contribution in [0.15, 0.2) is 42.5 Å². The first-order chi connectivity index (χ1) is 10.2. The molecule has 3 nitrogen and oxygen atoms in total. The molecule has 0 spiro atoms. The molecule has 0 aliphatic heterocycles. The van der Waals surface area contributed by atoms with Gasteiger partial charge in [-0.3, -0.25) is 0 Å². The molecule has 0 amide bonds. The lowest BCUT2D eigenvalue weighted by molar-refractivity contribution is 0.0600. The minimum Gasteiger partial charge on any atom is -0.490 e. The summed E-state index contributed by atoms with van der Waals surface area (Å²) in [6, 6.07) is 11.4. The minimum atomic E-state index is -0.415. The van der Waals surface area contributed by atoms with Crippen LogP contribution in [0.25, 0.3) is 11.1 Å².